The van der Waals surface area contributed by atoms with Gasteiger partial charge in [-0.05, 0) is 43.2 Å². The van der Waals surface area contributed by atoms with Crippen molar-refractivity contribution < 1.29 is 18.0 Å². The van der Waals surface area contributed by atoms with Gasteiger partial charge in [-0.3, -0.25) is 19.3 Å². The third kappa shape index (κ3) is 6.53. The largest absolute Gasteiger partial charge is 0.408 e. The van der Waals surface area contributed by atoms with Gasteiger partial charge in [-0.2, -0.15) is 18.3 Å². The highest BCUT2D eigenvalue weighted by molar-refractivity contribution is 6.34. The van der Waals surface area contributed by atoms with Crippen molar-refractivity contribution >= 4 is 46.4 Å². The number of pyridine rings is 2. The molecule has 0 spiro atoms. The zero-order valence-corrected chi connectivity index (χ0v) is 26.2. The normalized spacial score (nSPS) is 17.2. The molecule has 1 aliphatic rings. The van der Waals surface area contributed by atoms with Gasteiger partial charge in [-0.1, -0.05) is 53.4 Å². The Kier molecular flexibility index (Phi) is 8.66. The van der Waals surface area contributed by atoms with Crippen LogP contribution >= 0.6 is 34.8 Å². The van der Waals surface area contributed by atoms with Crippen LogP contribution in [0.3, 0.4) is 0 Å². The van der Waals surface area contributed by atoms with Gasteiger partial charge in [-0.25, -0.2) is 4.68 Å². The van der Waals surface area contributed by atoms with Gasteiger partial charge in [0.15, 0.2) is 5.15 Å². The molecule has 2 atom stereocenters. The van der Waals surface area contributed by atoms with Gasteiger partial charge in [0, 0.05) is 46.1 Å². The molecule has 5 aromatic rings. The zero-order chi connectivity index (χ0) is 32.7. The van der Waals surface area contributed by atoms with Crippen molar-refractivity contribution in [2.75, 3.05) is 5.32 Å². The van der Waals surface area contributed by atoms with E-state index in [0.717, 1.165) is 4.68 Å². The molecule has 6 rings (SSSR count). The van der Waals surface area contributed by atoms with Crippen LogP contribution in [-0.2, 0) is 11.3 Å². The number of carbonyl (C=O) groups excluding carboxylic acids is 1. The summed E-state index contributed by atoms with van der Waals surface area (Å²) in [6, 6.07) is 8.85. The van der Waals surface area contributed by atoms with Crippen molar-refractivity contribution in [3.8, 4) is 28.1 Å². The first-order valence-electron chi connectivity index (χ1n) is 14.1. The first-order chi connectivity index (χ1) is 21.9. The monoisotopic (exact) mass is 690 g/mol. The Hall–Kier alpha value is -4.20. The standard InChI is InChI=1S/C30H24Cl3F3N8O2/c1-16-3-2-4-25(22-9-17(7-8-37-22)28-23(39-29(16)46)12-38-44(28)15-30(34,35)36)42-13-21(32)19(11-27(42)45)20-10-18(31)5-6-24(20)43-14-26(33)40-41-43/h5-14,16,25H,2-4,15H2,1H3,(H,39,46)/t16-,25+/m1/s1. The van der Waals surface area contributed by atoms with Gasteiger partial charge >= 0.3 is 6.18 Å². The Labute approximate surface area is 274 Å². The Balaban J connectivity index is 1.47. The van der Waals surface area contributed by atoms with Crippen LogP contribution in [0.1, 0.15) is 37.9 Å². The number of hydrogen-bond acceptors (Lipinski definition) is 6. The van der Waals surface area contributed by atoms with E-state index in [4.69, 9.17) is 34.8 Å². The quantitative estimate of drug-likeness (QED) is 0.213. The van der Waals surface area contributed by atoms with Crippen LogP contribution in [0.2, 0.25) is 15.2 Å². The van der Waals surface area contributed by atoms with Gasteiger partial charge in [0.05, 0.1) is 46.2 Å². The SMILES string of the molecule is C[C@@H]1CCC[C@H](n2cc(Cl)c(-c3cc(Cl)ccc3-n3cc(Cl)nn3)cc2=O)c2cc(ccn2)-c2c(cnn2CC(F)(F)F)NC1=O. The Morgan fingerprint density at radius 2 is 1.83 bits per heavy atom. The van der Waals surface area contributed by atoms with E-state index < -0.39 is 30.2 Å². The zero-order valence-electron chi connectivity index (χ0n) is 24.0. The predicted octanol–water partition coefficient (Wildman–Crippen LogP) is 7.22. The highest BCUT2D eigenvalue weighted by Gasteiger charge is 2.32. The molecule has 1 amide bonds. The molecule has 16 heteroatoms. The molecule has 0 radical (unpaired) electrons. The average Bonchev–Trinajstić information content (AvgIpc) is 3.60. The van der Waals surface area contributed by atoms with E-state index in [0.29, 0.717) is 52.4 Å². The topological polar surface area (TPSA) is 113 Å². The first kappa shape index (κ1) is 31.8. The third-order valence-corrected chi connectivity index (χ3v) is 8.42. The molecule has 1 aliphatic heterocycles. The molecule has 0 unspecified atom stereocenters. The molecule has 238 valence electrons. The minimum absolute atomic E-state index is 0.0725. The number of amides is 1. The molecule has 5 heterocycles. The van der Waals surface area contributed by atoms with Crippen molar-refractivity contribution in [1.29, 1.82) is 0 Å². The summed E-state index contributed by atoms with van der Waals surface area (Å²) >= 11 is 19.2. The third-order valence-electron chi connectivity index (χ3n) is 7.71. The summed E-state index contributed by atoms with van der Waals surface area (Å²) in [6.07, 6.45) is 2.45. The maximum absolute atomic E-state index is 13.8. The number of benzene rings is 1. The smallest absolute Gasteiger partial charge is 0.323 e. The Morgan fingerprint density at radius 1 is 1.02 bits per heavy atom. The Bertz CT molecular complexity index is 2010. The second kappa shape index (κ2) is 12.5. The van der Waals surface area contributed by atoms with Gasteiger partial charge in [0.1, 0.15) is 6.54 Å². The number of alkyl halides is 3. The fourth-order valence-corrected chi connectivity index (χ4v) is 6.10. The molecule has 2 bridgehead atoms. The van der Waals surface area contributed by atoms with Gasteiger partial charge in [-0.15, -0.1) is 5.10 Å². The molecule has 46 heavy (non-hydrogen) atoms. The Morgan fingerprint density at radius 3 is 2.57 bits per heavy atom. The second-order valence-corrected chi connectivity index (χ2v) is 12.1. The fourth-order valence-electron chi connectivity index (χ4n) is 5.54. The molecule has 10 nitrogen and oxygen atoms in total. The van der Waals surface area contributed by atoms with E-state index in [9.17, 15) is 22.8 Å². The maximum Gasteiger partial charge on any atom is 0.408 e. The highest BCUT2D eigenvalue weighted by atomic mass is 35.5. The number of hydrogen-bond donors (Lipinski definition) is 1. The molecule has 0 fully saturated rings. The molecule has 0 saturated heterocycles. The number of aromatic nitrogens is 7. The summed E-state index contributed by atoms with van der Waals surface area (Å²) in [5.41, 5.74) is 1.98. The van der Waals surface area contributed by atoms with E-state index in [1.54, 1.807) is 31.2 Å². The van der Waals surface area contributed by atoms with Crippen LogP contribution in [0, 0.1) is 5.92 Å². The van der Waals surface area contributed by atoms with Crippen molar-refractivity contribution in [3.63, 3.8) is 0 Å². The summed E-state index contributed by atoms with van der Waals surface area (Å²) in [5, 5.41) is 15.3. The summed E-state index contributed by atoms with van der Waals surface area (Å²) in [7, 11) is 0. The molecule has 1 N–H and O–H groups in total. The van der Waals surface area contributed by atoms with Crippen molar-refractivity contribution in [3.05, 3.63) is 92.4 Å². The number of carbonyl (C=O) groups is 1. The number of nitrogens with zero attached hydrogens (tertiary/aromatic N) is 7. The lowest BCUT2D eigenvalue weighted by Gasteiger charge is -2.23. The van der Waals surface area contributed by atoms with Gasteiger partial charge in [0.25, 0.3) is 5.56 Å². The number of halogens is 6. The van der Waals surface area contributed by atoms with Crippen LogP contribution in [0.5, 0.6) is 0 Å². The summed E-state index contributed by atoms with van der Waals surface area (Å²) < 4.78 is 44.1. The van der Waals surface area contributed by atoms with Crippen LogP contribution in [-0.4, -0.2) is 46.4 Å². The van der Waals surface area contributed by atoms with Crippen molar-refractivity contribution in [2.24, 2.45) is 5.92 Å². The summed E-state index contributed by atoms with van der Waals surface area (Å²) in [5.74, 6) is -0.825. The molecular weight excluding hydrogens is 668 g/mol. The van der Waals surface area contributed by atoms with E-state index in [2.05, 4.69) is 25.7 Å². The summed E-state index contributed by atoms with van der Waals surface area (Å²) in [6.45, 7) is 0.369. The van der Waals surface area contributed by atoms with Gasteiger partial charge < -0.3 is 9.88 Å². The lowest BCUT2D eigenvalue weighted by atomic mass is 9.96. The molecule has 1 aromatic carbocycles. The minimum Gasteiger partial charge on any atom is -0.323 e. The van der Waals surface area contributed by atoms with Crippen LogP contribution in [0.25, 0.3) is 28.1 Å². The van der Waals surface area contributed by atoms with E-state index in [-0.39, 0.29) is 27.5 Å². The molecule has 0 saturated carbocycles. The lowest BCUT2D eigenvalue weighted by Crippen LogP contribution is -2.27. The second-order valence-electron chi connectivity index (χ2n) is 10.9. The number of nitrogens with one attached hydrogen (secondary N) is 1. The molecule has 0 aliphatic carbocycles. The minimum atomic E-state index is -4.56. The van der Waals surface area contributed by atoms with Crippen LogP contribution < -0.4 is 10.9 Å². The average molecular weight is 692 g/mol. The number of anilines is 1. The summed E-state index contributed by atoms with van der Waals surface area (Å²) in [4.78, 5) is 31.4. The fraction of sp³-hybridized carbons (Fsp3) is 0.267. The van der Waals surface area contributed by atoms with Crippen molar-refractivity contribution in [2.45, 2.75) is 44.9 Å². The lowest BCUT2D eigenvalue weighted by molar-refractivity contribution is -0.142. The first-order valence-corrected chi connectivity index (χ1v) is 15.2. The van der Waals surface area contributed by atoms with Crippen LogP contribution in [0.15, 0.2) is 66.0 Å². The van der Waals surface area contributed by atoms with Crippen LogP contribution in [0.4, 0.5) is 18.9 Å². The molecule has 4 aromatic heterocycles. The van der Waals surface area contributed by atoms with E-state index in [1.165, 1.54) is 46.2 Å². The van der Waals surface area contributed by atoms with Gasteiger partial charge in [0.2, 0.25) is 5.91 Å². The highest BCUT2D eigenvalue weighted by Crippen LogP contribution is 2.37. The van der Waals surface area contributed by atoms with E-state index >= 15 is 0 Å². The maximum atomic E-state index is 13.8. The molecular formula is C30H24Cl3F3N8O2. The number of fused-ring (bicyclic) bond motifs is 4. The number of rotatable bonds is 4. The predicted molar refractivity (Wildman–Crippen MR) is 167 cm³/mol. The van der Waals surface area contributed by atoms with E-state index in [1.807, 2.05) is 0 Å². The van der Waals surface area contributed by atoms with Crippen molar-refractivity contribution in [1.82, 2.24) is 34.3 Å².